The van der Waals surface area contributed by atoms with Crippen molar-refractivity contribution in [3.63, 3.8) is 0 Å². The highest BCUT2D eigenvalue weighted by Crippen LogP contribution is 2.20. The van der Waals surface area contributed by atoms with Gasteiger partial charge in [-0.1, -0.05) is 34.1 Å². The van der Waals surface area contributed by atoms with Crippen LogP contribution in [0.1, 0.15) is 24.8 Å². The number of halogens is 1. The van der Waals surface area contributed by atoms with Crippen molar-refractivity contribution in [2.24, 2.45) is 5.92 Å². The third kappa shape index (κ3) is 4.32. The Balaban J connectivity index is 1.84. The zero-order chi connectivity index (χ0) is 14.4. The van der Waals surface area contributed by atoms with Gasteiger partial charge in [0, 0.05) is 24.0 Å². The van der Waals surface area contributed by atoms with E-state index in [2.05, 4.69) is 27.3 Å². The van der Waals surface area contributed by atoms with E-state index >= 15 is 0 Å². The lowest BCUT2D eigenvalue weighted by Gasteiger charge is -2.32. The number of hydrogen-bond acceptors (Lipinski definition) is 2. The number of hydrogen-bond donors (Lipinski definition) is 1. The Labute approximate surface area is 129 Å². The van der Waals surface area contributed by atoms with Crippen molar-refractivity contribution in [2.75, 3.05) is 26.7 Å². The Kier molecular flexibility index (Phi) is 6.05. The second-order valence-electron chi connectivity index (χ2n) is 5.50. The molecular weight excluding hydrogens is 316 g/mol. The first-order chi connectivity index (χ1) is 9.70. The Hall–Kier alpha value is -0.870. The number of rotatable bonds is 5. The molecule has 2 rings (SSSR count). The number of amides is 1. The van der Waals surface area contributed by atoms with Crippen LogP contribution < -0.4 is 5.32 Å². The maximum absolute atomic E-state index is 12.3. The van der Waals surface area contributed by atoms with Crippen molar-refractivity contribution in [3.8, 4) is 0 Å². The average molecular weight is 339 g/mol. The van der Waals surface area contributed by atoms with Gasteiger partial charge in [-0.05, 0) is 50.4 Å². The van der Waals surface area contributed by atoms with Gasteiger partial charge in [0.1, 0.15) is 0 Å². The van der Waals surface area contributed by atoms with E-state index in [1.165, 1.54) is 12.0 Å². The van der Waals surface area contributed by atoms with Gasteiger partial charge in [-0.15, -0.1) is 0 Å². The summed E-state index contributed by atoms with van der Waals surface area (Å²) in [6.07, 6.45) is 3.78. The van der Waals surface area contributed by atoms with Gasteiger partial charge in [0.15, 0.2) is 0 Å². The molecule has 3 nitrogen and oxygen atoms in total. The van der Waals surface area contributed by atoms with Crippen LogP contribution in [0, 0.1) is 5.92 Å². The van der Waals surface area contributed by atoms with Crippen LogP contribution >= 0.6 is 15.9 Å². The minimum atomic E-state index is 0.293. The first kappa shape index (κ1) is 15.5. The van der Waals surface area contributed by atoms with E-state index in [1.807, 2.05) is 30.1 Å². The molecule has 1 saturated heterocycles. The molecule has 1 aliphatic rings. The second-order valence-corrected chi connectivity index (χ2v) is 6.35. The summed E-state index contributed by atoms with van der Waals surface area (Å²) >= 11 is 3.54. The van der Waals surface area contributed by atoms with Crippen molar-refractivity contribution in [1.82, 2.24) is 10.2 Å². The molecule has 1 aromatic carbocycles. The van der Waals surface area contributed by atoms with Crippen molar-refractivity contribution >= 4 is 21.8 Å². The van der Waals surface area contributed by atoms with Crippen molar-refractivity contribution in [1.29, 1.82) is 0 Å². The Bertz CT molecular complexity index is 448. The molecule has 0 spiro atoms. The molecule has 1 fully saturated rings. The molecule has 4 heteroatoms. The summed E-state index contributed by atoms with van der Waals surface area (Å²) < 4.78 is 1.10. The van der Waals surface area contributed by atoms with Gasteiger partial charge >= 0.3 is 0 Å². The van der Waals surface area contributed by atoms with Gasteiger partial charge in [0.2, 0.25) is 5.91 Å². The maximum atomic E-state index is 12.3. The quantitative estimate of drug-likeness (QED) is 0.895. The Morgan fingerprint density at radius 1 is 1.45 bits per heavy atom. The van der Waals surface area contributed by atoms with E-state index in [9.17, 15) is 4.79 Å². The van der Waals surface area contributed by atoms with Crippen molar-refractivity contribution in [2.45, 2.75) is 25.7 Å². The largest absolute Gasteiger partial charge is 0.342 e. The fourth-order valence-electron chi connectivity index (χ4n) is 2.85. The number of benzene rings is 1. The normalized spacial score (nSPS) is 19.1. The SMILES string of the molecule is CNC[C@H]1CCCN(C(=O)CCc2ccccc2Br)C1. The van der Waals surface area contributed by atoms with E-state index in [0.717, 1.165) is 36.9 Å². The monoisotopic (exact) mass is 338 g/mol. The summed E-state index contributed by atoms with van der Waals surface area (Å²) in [7, 11) is 1.98. The van der Waals surface area contributed by atoms with Gasteiger partial charge in [-0.3, -0.25) is 4.79 Å². The first-order valence-corrected chi connectivity index (χ1v) is 8.15. The van der Waals surface area contributed by atoms with Crippen LogP contribution in [0.5, 0.6) is 0 Å². The summed E-state index contributed by atoms with van der Waals surface area (Å²) in [6, 6.07) is 8.14. The summed E-state index contributed by atoms with van der Waals surface area (Å²) in [5.41, 5.74) is 1.21. The van der Waals surface area contributed by atoms with Crippen LogP contribution in [0.4, 0.5) is 0 Å². The summed E-state index contributed by atoms with van der Waals surface area (Å²) in [4.78, 5) is 14.4. The first-order valence-electron chi connectivity index (χ1n) is 7.36. The van der Waals surface area contributed by atoms with E-state index in [4.69, 9.17) is 0 Å². The topological polar surface area (TPSA) is 32.3 Å². The number of likely N-dealkylation sites (tertiary alicyclic amines) is 1. The van der Waals surface area contributed by atoms with Crippen molar-refractivity contribution < 1.29 is 4.79 Å². The average Bonchev–Trinajstić information content (AvgIpc) is 2.47. The van der Waals surface area contributed by atoms with E-state index < -0.39 is 0 Å². The van der Waals surface area contributed by atoms with E-state index in [-0.39, 0.29) is 0 Å². The molecule has 1 atom stereocenters. The smallest absolute Gasteiger partial charge is 0.222 e. The van der Waals surface area contributed by atoms with Crippen LogP contribution in [-0.2, 0) is 11.2 Å². The number of aryl methyl sites for hydroxylation is 1. The maximum Gasteiger partial charge on any atom is 0.222 e. The zero-order valence-corrected chi connectivity index (χ0v) is 13.7. The third-order valence-corrected chi connectivity index (χ3v) is 4.70. The molecule has 1 amide bonds. The summed E-state index contributed by atoms with van der Waals surface area (Å²) in [5.74, 6) is 0.905. The van der Waals surface area contributed by atoms with Crippen LogP contribution in [-0.4, -0.2) is 37.5 Å². The molecule has 0 aliphatic carbocycles. The predicted octanol–water partition coefficient (Wildman–Crippen LogP) is 2.84. The molecule has 1 aliphatic heterocycles. The van der Waals surface area contributed by atoms with Gasteiger partial charge in [-0.25, -0.2) is 0 Å². The number of nitrogens with one attached hydrogen (secondary N) is 1. The van der Waals surface area contributed by atoms with Gasteiger partial charge in [0.05, 0.1) is 0 Å². The molecule has 0 radical (unpaired) electrons. The van der Waals surface area contributed by atoms with Crippen LogP contribution in [0.25, 0.3) is 0 Å². The van der Waals surface area contributed by atoms with E-state index in [0.29, 0.717) is 18.2 Å². The fraction of sp³-hybridized carbons (Fsp3) is 0.562. The van der Waals surface area contributed by atoms with Crippen LogP contribution in [0.2, 0.25) is 0 Å². The molecule has 1 N–H and O–H groups in total. The van der Waals surface area contributed by atoms with Gasteiger partial charge < -0.3 is 10.2 Å². The zero-order valence-electron chi connectivity index (χ0n) is 12.1. The predicted molar refractivity (Wildman–Crippen MR) is 85.7 cm³/mol. The highest BCUT2D eigenvalue weighted by Gasteiger charge is 2.22. The van der Waals surface area contributed by atoms with Crippen LogP contribution in [0.3, 0.4) is 0 Å². The summed E-state index contributed by atoms with van der Waals surface area (Å²) in [5, 5.41) is 3.22. The highest BCUT2D eigenvalue weighted by molar-refractivity contribution is 9.10. The van der Waals surface area contributed by atoms with E-state index in [1.54, 1.807) is 0 Å². The molecule has 1 aromatic rings. The molecule has 0 unspecified atom stereocenters. The lowest BCUT2D eigenvalue weighted by molar-refractivity contribution is -0.132. The Morgan fingerprint density at radius 3 is 3.00 bits per heavy atom. The number of carbonyl (C=O) groups is 1. The number of piperidine rings is 1. The Morgan fingerprint density at radius 2 is 2.25 bits per heavy atom. The number of nitrogens with zero attached hydrogens (tertiary/aromatic N) is 1. The summed E-state index contributed by atoms with van der Waals surface area (Å²) in [6.45, 7) is 2.85. The number of carbonyl (C=O) groups excluding carboxylic acids is 1. The lowest BCUT2D eigenvalue weighted by Crippen LogP contribution is -2.42. The minimum absolute atomic E-state index is 0.293. The molecule has 1 heterocycles. The lowest BCUT2D eigenvalue weighted by atomic mass is 9.97. The molecule has 20 heavy (non-hydrogen) atoms. The molecule has 110 valence electrons. The van der Waals surface area contributed by atoms with Gasteiger partial charge in [0.25, 0.3) is 0 Å². The van der Waals surface area contributed by atoms with Crippen molar-refractivity contribution in [3.05, 3.63) is 34.3 Å². The second kappa shape index (κ2) is 7.79. The fourth-order valence-corrected chi connectivity index (χ4v) is 3.33. The third-order valence-electron chi connectivity index (χ3n) is 3.93. The standard InChI is InChI=1S/C16H23BrN2O/c1-18-11-13-5-4-10-19(12-13)16(20)9-8-14-6-2-3-7-15(14)17/h2-3,6-7,13,18H,4-5,8-12H2,1H3/t13-/m1/s1. The van der Waals surface area contributed by atoms with Crippen LogP contribution in [0.15, 0.2) is 28.7 Å². The highest BCUT2D eigenvalue weighted by atomic mass is 79.9. The minimum Gasteiger partial charge on any atom is -0.342 e. The molecular formula is C16H23BrN2O. The molecule has 0 aromatic heterocycles. The molecule has 0 saturated carbocycles. The molecule has 0 bridgehead atoms. The van der Waals surface area contributed by atoms with Gasteiger partial charge in [-0.2, -0.15) is 0 Å².